The third-order valence-corrected chi connectivity index (χ3v) is 3.39. The molecule has 0 saturated heterocycles. The summed E-state index contributed by atoms with van der Waals surface area (Å²) in [4.78, 5) is 5.25. The Morgan fingerprint density at radius 3 is 2.89 bits per heavy atom. The van der Waals surface area contributed by atoms with Crippen LogP contribution in [0.2, 0.25) is 0 Å². The van der Waals surface area contributed by atoms with Gasteiger partial charge in [0.2, 0.25) is 5.79 Å². The Morgan fingerprint density at radius 1 is 1.28 bits per heavy atom. The summed E-state index contributed by atoms with van der Waals surface area (Å²) in [7, 11) is 0. The van der Waals surface area contributed by atoms with Crippen molar-refractivity contribution in [1.82, 2.24) is 4.98 Å². The normalized spacial score (nSPS) is 15.7. The maximum Gasteiger partial charge on any atom is 0.246 e. The van der Waals surface area contributed by atoms with Crippen LogP contribution in [0.4, 0.5) is 5.69 Å². The summed E-state index contributed by atoms with van der Waals surface area (Å²) in [5.41, 5.74) is 2.85. The van der Waals surface area contributed by atoms with Crippen LogP contribution in [0.5, 0.6) is 11.5 Å². The van der Waals surface area contributed by atoms with Crippen LogP contribution in [0.15, 0.2) is 29.9 Å². The first kappa shape index (κ1) is 11.3. The zero-order valence-corrected chi connectivity index (χ0v) is 11.1. The minimum absolute atomic E-state index is 0.571. The lowest BCUT2D eigenvalue weighted by molar-refractivity contribution is -0.0431. The number of fused-ring (bicyclic) bond motifs is 1. The minimum Gasteiger partial charge on any atom is -0.449 e. The van der Waals surface area contributed by atoms with Gasteiger partial charge in [0.15, 0.2) is 11.5 Å². The first-order chi connectivity index (χ1) is 8.62. The largest absolute Gasteiger partial charge is 0.449 e. The highest BCUT2D eigenvalue weighted by molar-refractivity contribution is 7.09. The first-order valence-corrected chi connectivity index (χ1v) is 6.64. The van der Waals surface area contributed by atoms with Gasteiger partial charge in [-0.05, 0) is 12.1 Å². The van der Waals surface area contributed by atoms with Gasteiger partial charge in [-0.1, -0.05) is 0 Å². The van der Waals surface area contributed by atoms with Crippen molar-refractivity contribution in [3.05, 3.63) is 34.8 Å². The van der Waals surface area contributed by atoms with E-state index in [0.29, 0.717) is 0 Å². The Kier molecular flexibility index (Phi) is 2.63. The van der Waals surface area contributed by atoms with E-state index in [1.54, 1.807) is 11.3 Å². The Hall–Kier alpha value is -1.75. The standard InChI is InChI=1S/C13H14N2O2S/c1-13(2)16-11-4-3-9(5-12(11)17-13)15-7-10-6-14-8-18-10/h3-6,8,15H,7H2,1-2H3. The van der Waals surface area contributed by atoms with Crippen LogP contribution < -0.4 is 14.8 Å². The van der Waals surface area contributed by atoms with Crippen LogP contribution in [-0.2, 0) is 6.54 Å². The van der Waals surface area contributed by atoms with Crippen LogP contribution in [0.25, 0.3) is 0 Å². The van der Waals surface area contributed by atoms with Crippen molar-refractivity contribution in [3.63, 3.8) is 0 Å². The summed E-state index contributed by atoms with van der Waals surface area (Å²) in [6.45, 7) is 4.57. The molecule has 18 heavy (non-hydrogen) atoms. The molecule has 0 bridgehead atoms. The number of hydrogen-bond acceptors (Lipinski definition) is 5. The number of aromatic nitrogens is 1. The van der Waals surface area contributed by atoms with Gasteiger partial charge in [-0.3, -0.25) is 4.98 Å². The van der Waals surface area contributed by atoms with E-state index in [-0.39, 0.29) is 0 Å². The second kappa shape index (κ2) is 4.17. The summed E-state index contributed by atoms with van der Waals surface area (Å²) >= 11 is 1.64. The molecule has 1 aliphatic heterocycles. The molecule has 94 valence electrons. The molecule has 2 heterocycles. The maximum atomic E-state index is 5.70. The molecule has 0 radical (unpaired) electrons. The molecule has 0 spiro atoms. The number of nitrogens with zero attached hydrogens (tertiary/aromatic N) is 1. The fourth-order valence-corrected chi connectivity index (χ4v) is 2.39. The van der Waals surface area contributed by atoms with Crippen molar-refractivity contribution in [2.45, 2.75) is 26.2 Å². The number of ether oxygens (including phenoxy) is 2. The van der Waals surface area contributed by atoms with Crippen LogP contribution in [-0.4, -0.2) is 10.8 Å². The molecule has 0 fully saturated rings. The van der Waals surface area contributed by atoms with Crippen molar-refractivity contribution in [1.29, 1.82) is 0 Å². The number of hydrogen-bond donors (Lipinski definition) is 1. The van der Waals surface area contributed by atoms with Crippen LogP contribution in [0.1, 0.15) is 18.7 Å². The summed E-state index contributed by atoms with van der Waals surface area (Å²) in [6.07, 6.45) is 1.87. The topological polar surface area (TPSA) is 43.4 Å². The zero-order valence-electron chi connectivity index (χ0n) is 10.3. The van der Waals surface area contributed by atoms with Gasteiger partial charge in [0.05, 0.1) is 12.1 Å². The van der Waals surface area contributed by atoms with Gasteiger partial charge in [0.25, 0.3) is 0 Å². The Bertz CT molecular complexity index is 552. The lowest BCUT2D eigenvalue weighted by atomic mass is 10.3. The Morgan fingerprint density at radius 2 is 2.11 bits per heavy atom. The molecule has 1 N–H and O–H groups in total. The second-order valence-corrected chi connectivity index (χ2v) is 5.56. The van der Waals surface area contributed by atoms with E-state index in [1.165, 1.54) is 4.88 Å². The molecule has 0 unspecified atom stereocenters. The summed E-state index contributed by atoms with van der Waals surface area (Å²) in [5.74, 6) is 1.01. The molecule has 0 saturated carbocycles. The van der Waals surface area contributed by atoms with Gasteiger partial charge in [0, 0.05) is 36.7 Å². The zero-order chi connectivity index (χ0) is 12.6. The SMILES string of the molecule is CC1(C)Oc2ccc(NCc3cncs3)cc2O1. The van der Waals surface area contributed by atoms with Crippen molar-refractivity contribution >= 4 is 17.0 Å². The lowest BCUT2D eigenvalue weighted by Crippen LogP contribution is -2.29. The molecule has 0 amide bonds. The van der Waals surface area contributed by atoms with E-state index in [4.69, 9.17) is 9.47 Å². The highest BCUT2D eigenvalue weighted by atomic mass is 32.1. The maximum absolute atomic E-state index is 5.70. The predicted octanol–water partition coefficient (Wildman–Crippen LogP) is 3.26. The average Bonchev–Trinajstić information content (AvgIpc) is 2.90. The van der Waals surface area contributed by atoms with Gasteiger partial charge >= 0.3 is 0 Å². The number of anilines is 1. The second-order valence-electron chi connectivity index (χ2n) is 4.59. The number of nitrogens with one attached hydrogen (secondary N) is 1. The van der Waals surface area contributed by atoms with Gasteiger partial charge in [0.1, 0.15) is 0 Å². The van der Waals surface area contributed by atoms with Crippen molar-refractivity contribution in [3.8, 4) is 11.5 Å². The summed E-state index contributed by atoms with van der Waals surface area (Å²) < 4.78 is 11.3. The third kappa shape index (κ3) is 2.26. The molecular weight excluding hydrogens is 248 g/mol. The third-order valence-electron chi connectivity index (χ3n) is 2.61. The van der Waals surface area contributed by atoms with E-state index in [2.05, 4.69) is 10.3 Å². The monoisotopic (exact) mass is 262 g/mol. The number of rotatable bonds is 3. The van der Waals surface area contributed by atoms with E-state index >= 15 is 0 Å². The van der Waals surface area contributed by atoms with Gasteiger partial charge < -0.3 is 14.8 Å². The highest BCUT2D eigenvalue weighted by Gasteiger charge is 2.31. The lowest BCUT2D eigenvalue weighted by Gasteiger charge is -2.16. The summed E-state index contributed by atoms with van der Waals surface area (Å²) in [5, 5.41) is 3.34. The van der Waals surface area contributed by atoms with Crippen molar-refractivity contribution in [2.24, 2.45) is 0 Å². The molecule has 1 aliphatic rings. The van der Waals surface area contributed by atoms with Gasteiger partial charge in [-0.15, -0.1) is 11.3 Å². The molecule has 0 aliphatic carbocycles. The Labute approximate surface area is 110 Å². The first-order valence-electron chi connectivity index (χ1n) is 5.76. The number of thiazole rings is 1. The molecule has 1 aromatic heterocycles. The molecule has 5 heteroatoms. The highest BCUT2D eigenvalue weighted by Crippen LogP contribution is 2.40. The van der Waals surface area contributed by atoms with E-state index in [0.717, 1.165) is 23.7 Å². The molecule has 0 atom stereocenters. The molecule has 2 aromatic rings. The summed E-state index contributed by atoms with van der Waals surface area (Å²) in [6, 6.07) is 5.88. The Balaban J connectivity index is 1.72. The van der Waals surface area contributed by atoms with Crippen molar-refractivity contribution < 1.29 is 9.47 Å². The van der Waals surface area contributed by atoms with Crippen LogP contribution in [0, 0.1) is 0 Å². The smallest absolute Gasteiger partial charge is 0.246 e. The fraction of sp³-hybridized carbons (Fsp3) is 0.308. The van der Waals surface area contributed by atoms with Crippen molar-refractivity contribution in [2.75, 3.05) is 5.32 Å². The quantitative estimate of drug-likeness (QED) is 0.922. The molecule has 1 aromatic carbocycles. The van der Waals surface area contributed by atoms with Crippen LogP contribution in [0.3, 0.4) is 0 Å². The van der Waals surface area contributed by atoms with Crippen LogP contribution >= 0.6 is 11.3 Å². The predicted molar refractivity (Wildman–Crippen MR) is 71.2 cm³/mol. The van der Waals surface area contributed by atoms with E-state index in [9.17, 15) is 0 Å². The minimum atomic E-state index is -0.571. The fourth-order valence-electron chi connectivity index (χ4n) is 1.85. The number of benzene rings is 1. The van der Waals surface area contributed by atoms with E-state index in [1.807, 2.05) is 43.8 Å². The van der Waals surface area contributed by atoms with Gasteiger partial charge in [-0.25, -0.2) is 0 Å². The van der Waals surface area contributed by atoms with E-state index < -0.39 is 5.79 Å². The molecular formula is C13H14N2O2S. The van der Waals surface area contributed by atoms with Gasteiger partial charge in [-0.2, -0.15) is 0 Å². The average molecular weight is 262 g/mol. The molecule has 4 nitrogen and oxygen atoms in total. The molecule has 3 rings (SSSR count).